The van der Waals surface area contributed by atoms with Crippen molar-refractivity contribution < 1.29 is 18.7 Å². The molecule has 4 heteroatoms. The largest absolute Gasteiger partial charge is 0.481 e. The van der Waals surface area contributed by atoms with Gasteiger partial charge in [-0.3, -0.25) is 4.79 Å². The van der Waals surface area contributed by atoms with Crippen molar-refractivity contribution >= 4 is 5.97 Å². The SMILES string of the molecule is Cc1cc(C)c(C(F)(F)CCC(=O)O)cc1C. The van der Waals surface area contributed by atoms with Crippen molar-refractivity contribution in [3.8, 4) is 0 Å². The minimum atomic E-state index is -3.08. The molecule has 0 radical (unpaired) electrons. The molecule has 0 heterocycles. The zero-order chi connectivity index (χ0) is 13.2. The zero-order valence-corrected chi connectivity index (χ0v) is 10.2. The maximum atomic E-state index is 13.8. The molecular formula is C13H16F2O2. The summed E-state index contributed by atoms with van der Waals surface area (Å²) in [5.74, 6) is -4.29. The van der Waals surface area contributed by atoms with Gasteiger partial charge in [0.1, 0.15) is 0 Å². The van der Waals surface area contributed by atoms with Gasteiger partial charge in [-0.1, -0.05) is 6.07 Å². The molecule has 0 spiro atoms. The number of hydrogen-bond donors (Lipinski definition) is 1. The number of hydrogen-bond acceptors (Lipinski definition) is 1. The van der Waals surface area contributed by atoms with Gasteiger partial charge >= 0.3 is 5.97 Å². The highest BCUT2D eigenvalue weighted by Crippen LogP contribution is 2.36. The van der Waals surface area contributed by atoms with Gasteiger partial charge in [-0.05, 0) is 43.5 Å². The van der Waals surface area contributed by atoms with Gasteiger partial charge in [0.2, 0.25) is 0 Å². The average Bonchev–Trinajstić information content (AvgIpc) is 2.20. The number of alkyl halides is 2. The van der Waals surface area contributed by atoms with Crippen LogP contribution in [0.25, 0.3) is 0 Å². The summed E-state index contributed by atoms with van der Waals surface area (Å²) in [5.41, 5.74) is 2.19. The number of aryl methyl sites for hydroxylation is 3. The first kappa shape index (κ1) is 13.6. The summed E-state index contributed by atoms with van der Waals surface area (Å²) in [5, 5.41) is 8.46. The lowest BCUT2D eigenvalue weighted by molar-refractivity contribution is -0.139. The minimum absolute atomic E-state index is 0.0677. The van der Waals surface area contributed by atoms with Crippen LogP contribution in [-0.4, -0.2) is 11.1 Å². The lowest BCUT2D eigenvalue weighted by Gasteiger charge is -2.19. The van der Waals surface area contributed by atoms with E-state index in [1.807, 2.05) is 6.92 Å². The Bertz CT molecular complexity index is 439. The van der Waals surface area contributed by atoms with Crippen LogP contribution in [0.15, 0.2) is 12.1 Å². The first-order chi connectivity index (χ1) is 7.74. The average molecular weight is 242 g/mol. The van der Waals surface area contributed by atoms with Crippen LogP contribution in [0, 0.1) is 20.8 Å². The molecule has 2 nitrogen and oxygen atoms in total. The number of rotatable bonds is 4. The van der Waals surface area contributed by atoms with Crippen LogP contribution >= 0.6 is 0 Å². The van der Waals surface area contributed by atoms with Crippen LogP contribution in [-0.2, 0) is 10.7 Å². The van der Waals surface area contributed by atoms with E-state index in [9.17, 15) is 13.6 Å². The summed E-state index contributed by atoms with van der Waals surface area (Å²) in [4.78, 5) is 10.3. The van der Waals surface area contributed by atoms with Crippen LogP contribution in [0.4, 0.5) is 8.78 Å². The lowest BCUT2D eigenvalue weighted by Crippen LogP contribution is -2.17. The minimum Gasteiger partial charge on any atom is -0.481 e. The molecule has 0 unspecified atom stereocenters. The van der Waals surface area contributed by atoms with Crippen LogP contribution in [0.2, 0.25) is 0 Å². The van der Waals surface area contributed by atoms with E-state index in [2.05, 4.69) is 0 Å². The maximum absolute atomic E-state index is 13.8. The molecule has 94 valence electrons. The molecule has 0 aliphatic rings. The Morgan fingerprint density at radius 3 is 2.24 bits per heavy atom. The molecule has 1 rings (SSSR count). The molecule has 0 saturated heterocycles. The van der Waals surface area contributed by atoms with Gasteiger partial charge in [-0.25, -0.2) is 8.78 Å². The summed E-state index contributed by atoms with van der Waals surface area (Å²) >= 11 is 0. The summed E-state index contributed by atoms with van der Waals surface area (Å²) in [7, 11) is 0. The molecular weight excluding hydrogens is 226 g/mol. The predicted octanol–water partition coefficient (Wildman–Crippen LogP) is 3.57. The van der Waals surface area contributed by atoms with Gasteiger partial charge in [0, 0.05) is 12.0 Å². The van der Waals surface area contributed by atoms with Crippen molar-refractivity contribution in [3.05, 3.63) is 34.4 Å². The molecule has 1 aromatic rings. The molecule has 1 N–H and O–H groups in total. The fraction of sp³-hybridized carbons (Fsp3) is 0.462. The third-order valence-electron chi connectivity index (χ3n) is 2.89. The second-order valence-corrected chi connectivity index (χ2v) is 4.35. The summed E-state index contributed by atoms with van der Waals surface area (Å²) in [6.45, 7) is 5.25. The van der Waals surface area contributed by atoms with E-state index in [0.717, 1.165) is 11.1 Å². The van der Waals surface area contributed by atoms with Crippen molar-refractivity contribution in [3.63, 3.8) is 0 Å². The van der Waals surface area contributed by atoms with Crippen molar-refractivity contribution in [1.82, 2.24) is 0 Å². The third-order valence-corrected chi connectivity index (χ3v) is 2.89. The summed E-state index contributed by atoms with van der Waals surface area (Å²) in [6.07, 6.45) is -1.19. The van der Waals surface area contributed by atoms with Gasteiger partial charge in [-0.15, -0.1) is 0 Å². The highest BCUT2D eigenvalue weighted by atomic mass is 19.3. The Hall–Kier alpha value is -1.45. The van der Waals surface area contributed by atoms with Crippen LogP contribution < -0.4 is 0 Å². The quantitative estimate of drug-likeness (QED) is 0.876. The number of carboxylic acids is 1. The van der Waals surface area contributed by atoms with Gasteiger partial charge in [0.15, 0.2) is 0 Å². The smallest absolute Gasteiger partial charge is 0.303 e. The maximum Gasteiger partial charge on any atom is 0.303 e. The van der Waals surface area contributed by atoms with Crippen molar-refractivity contribution in [2.45, 2.75) is 39.5 Å². The van der Waals surface area contributed by atoms with E-state index in [0.29, 0.717) is 5.56 Å². The van der Waals surface area contributed by atoms with Crippen molar-refractivity contribution in [2.75, 3.05) is 0 Å². The van der Waals surface area contributed by atoms with Crippen LogP contribution in [0.1, 0.15) is 35.1 Å². The van der Waals surface area contributed by atoms with Gasteiger partial charge in [-0.2, -0.15) is 0 Å². The van der Waals surface area contributed by atoms with E-state index in [4.69, 9.17) is 5.11 Å². The predicted molar refractivity (Wildman–Crippen MR) is 61.4 cm³/mol. The number of benzene rings is 1. The molecule has 0 amide bonds. The normalized spacial score (nSPS) is 11.6. The Kier molecular flexibility index (Phi) is 3.86. The van der Waals surface area contributed by atoms with Crippen LogP contribution in [0.3, 0.4) is 0 Å². The first-order valence-electron chi connectivity index (χ1n) is 5.42. The van der Waals surface area contributed by atoms with Gasteiger partial charge < -0.3 is 5.11 Å². The van der Waals surface area contributed by atoms with Gasteiger partial charge in [0.05, 0.1) is 6.42 Å². The molecule has 0 bridgehead atoms. The summed E-state index contributed by atoms with van der Waals surface area (Å²) in [6, 6.07) is 3.16. The van der Waals surface area contributed by atoms with Crippen LogP contribution in [0.5, 0.6) is 0 Å². The molecule has 0 atom stereocenters. The Balaban J connectivity index is 3.05. The third kappa shape index (κ3) is 3.25. The Morgan fingerprint density at radius 2 is 1.71 bits per heavy atom. The molecule has 0 aliphatic heterocycles. The Labute approximate surface area is 99.3 Å². The second-order valence-electron chi connectivity index (χ2n) is 4.35. The monoisotopic (exact) mass is 242 g/mol. The highest BCUT2D eigenvalue weighted by molar-refractivity contribution is 5.66. The van der Waals surface area contributed by atoms with E-state index < -0.39 is 24.7 Å². The standard InChI is InChI=1S/C13H16F2O2/c1-8-6-10(3)11(7-9(8)2)13(14,15)5-4-12(16)17/h6-7H,4-5H2,1-3H3,(H,16,17). The van der Waals surface area contributed by atoms with E-state index in [1.165, 1.54) is 6.07 Å². The van der Waals surface area contributed by atoms with E-state index in [1.54, 1.807) is 19.9 Å². The van der Waals surface area contributed by atoms with E-state index in [-0.39, 0.29) is 5.56 Å². The fourth-order valence-corrected chi connectivity index (χ4v) is 1.75. The van der Waals surface area contributed by atoms with Crippen molar-refractivity contribution in [1.29, 1.82) is 0 Å². The highest BCUT2D eigenvalue weighted by Gasteiger charge is 2.33. The molecule has 0 saturated carbocycles. The fourth-order valence-electron chi connectivity index (χ4n) is 1.75. The lowest BCUT2D eigenvalue weighted by atomic mass is 9.94. The molecule has 1 aromatic carbocycles. The zero-order valence-electron chi connectivity index (χ0n) is 10.2. The second kappa shape index (κ2) is 4.82. The van der Waals surface area contributed by atoms with Crippen molar-refractivity contribution in [2.24, 2.45) is 0 Å². The molecule has 0 fully saturated rings. The molecule has 0 aromatic heterocycles. The summed E-state index contributed by atoms with van der Waals surface area (Å²) < 4.78 is 27.7. The van der Waals surface area contributed by atoms with E-state index >= 15 is 0 Å². The topological polar surface area (TPSA) is 37.3 Å². The molecule has 0 aliphatic carbocycles. The first-order valence-corrected chi connectivity index (χ1v) is 5.42. The number of halogens is 2. The Morgan fingerprint density at radius 1 is 1.18 bits per heavy atom. The number of carboxylic acid groups (broad SMARTS) is 1. The number of aliphatic carboxylic acids is 1. The van der Waals surface area contributed by atoms with Gasteiger partial charge in [0.25, 0.3) is 5.92 Å². The molecule has 17 heavy (non-hydrogen) atoms. The number of carbonyl (C=O) groups is 1.